The van der Waals surface area contributed by atoms with E-state index in [-0.39, 0.29) is 11.8 Å². The van der Waals surface area contributed by atoms with Crippen molar-refractivity contribution in [3.8, 4) is 0 Å². The predicted octanol–water partition coefficient (Wildman–Crippen LogP) is 4.78. The lowest BCUT2D eigenvalue weighted by molar-refractivity contribution is 0.0651. The van der Waals surface area contributed by atoms with E-state index in [2.05, 4.69) is 24.3 Å². The van der Waals surface area contributed by atoms with E-state index in [0.717, 1.165) is 30.8 Å². The summed E-state index contributed by atoms with van der Waals surface area (Å²) < 4.78 is 0. The van der Waals surface area contributed by atoms with Gasteiger partial charge in [0.25, 0.3) is 11.8 Å². The number of carbonyl (C=O) groups excluding carboxylic acids is 2. The topological polar surface area (TPSA) is 37.4 Å². The van der Waals surface area contributed by atoms with E-state index in [1.165, 1.54) is 16.9 Å². The van der Waals surface area contributed by atoms with Crippen LogP contribution in [0.25, 0.3) is 0 Å². The van der Waals surface area contributed by atoms with Crippen LogP contribution in [0.3, 0.4) is 0 Å². The number of imide groups is 1. The molecule has 0 bridgehead atoms. The highest BCUT2D eigenvalue weighted by Crippen LogP contribution is 2.23. The molecule has 1 aliphatic heterocycles. The van der Waals surface area contributed by atoms with Gasteiger partial charge in [-0.3, -0.25) is 14.5 Å². The first-order valence-corrected chi connectivity index (χ1v) is 10.00. The molecule has 0 saturated heterocycles. The maximum atomic E-state index is 12.2. The number of carbonyl (C=O) groups is 2. The third-order valence-electron chi connectivity index (χ3n) is 4.41. The Morgan fingerprint density at radius 3 is 2.00 bits per heavy atom. The second-order valence-corrected chi connectivity index (χ2v) is 7.37. The molecular formula is C21H23NO2S. The lowest BCUT2D eigenvalue weighted by atomic mass is 10.1. The normalized spacial score (nSPS) is 13.4. The van der Waals surface area contributed by atoms with Gasteiger partial charge in [0.15, 0.2) is 0 Å². The van der Waals surface area contributed by atoms with Crippen molar-refractivity contribution in [3.05, 3.63) is 71.3 Å². The number of amides is 2. The molecule has 3 rings (SSSR count). The van der Waals surface area contributed by atoms with Crippen molar-refractivity contribution in [1.29, 1.82) is 0 Å². The van der Waals surface area contributed by atoms with Gasteiger partial charge in [-0.1, -0.05) is 55.3 Å². The monoisotopic (exact) mass is 353 g/mol. The molecule has 1 aliphatic rings. The van der Waals surface area contributed by atoms with Gasteiger partial charge in [0.2, 0.25) is 0 Å². The van der Waals surface area contributed by atoms with Crippen molar-refractivity contribution in [2.24, 2.45) is 0 Å². The summed E-state index contributed by atoms with van der Waals surface area (Å²) in [5, 5.41) is 0. The average Bonchev–Trinajstić information content (AvgIpc) is 2.90. The van der Waals surface area contributed by atoms with Crippen molar-refractivity contribution in [2.75, 3.05) is 12.3 Å². The third kappa shape index (κ3) is 4.51. The standard InChI is InChI=1S/C21H23NO2S/c23-20-18-12-6-7-13-19(18)21(24)22(20)14-8-1-2-9-15-25-16-17-10-4-3-5-11-17/h3-7,10-13H,1-2,8-9,14-16H2. The molecule has 0 N–H and O–H groups in total. The number of fused-ring (bicyclic) bond motifs is 1. The first-order valence-electron chi connectivity index (χ1n) is 8.84. The van der Waals surface area contributed by atoms with Gasteiger partial charge in [-0.25, -0.2) is 0 Å². The summed E-state index contributed by atoms with van der Waals surface area (Å²) in [5.41, 5.74) is 2.47. The Bertz CT molecular complexity index is 695. The molecule has 2 aromatic rings. The molecule has 0 atom stereocenters. The molecule has 2 amide bonds. The van der Waals surface area contributed by atoms with Crippen LogP contribution in [0.2, 0.25) is 0 Å². The van der Waals surface area contributed by atoms with E-state index in [9.17, 15) is 9.59 Å². The molecule has 3 nitrogen and oxygen atoms in total. The smallest absolute Gasteiger partial charge is 0.261 e. The Kier molecular flexibility index (Phi) is 6.29. The van der Waals surface area contributed by atoms with Crippen LogP contribution in [0, 0.1) is 0 Å². The summed E-state index contributed by atoms with van der Waals surface area (Å²) in [7, 11) is 0. The summed E-state index contributed by atoms with van der Waals surface area (Å²) in [5.74, 6) is 1.94. The molecule has 0 saturated carbocycles. The predicted molar refractivity (Wildman–Crippen MR) is 103 cm³/mol. The SMILES string of the molecule is O=C1c2ccccc2C(=O)N1CCCCCCSCc1ccccc1. The van der Waals surface area contributed by atoms with E-state index in [1.807, 2.05) is 17.8 Å². The number of nitrogens with zero attached hydrogens (tertiary/aromatic N) is 1. The average molecular weight is 353 g/mol. The van der Waals surface area contributed by atoms with Gasteiger partial charge in [0, 0.05) is 12.3 Å². The molecule has 0 spiro atoms. The second-order valence-electron chi connectivity index (χ2n) is 6.26. The first-order chi connectivity index (χ1) is 12.3. The highest BCUT2D eigenvalue weighted by Gasteiger charge is 2.34. The Labute approximate surface area is 153 Å². The van der Waals surface area contributed by atoms with Crippen molar-refractivity contribution in [1.82, 2.24) is 4.90 Å². The molecule has 25 heavy (non-hydrogen) atoms. The van der Waals surface area contributed by atoms with Crippen LogP contribution in [0.4, 0.5) is 0 Å². The van der Waals surface area contributed by atoms with E-state index >= 15 is 0 Å². The molecule has 0 radical (unpaired) electrons. The van der Waals surface area contributed by atoms with Crippen LogP contribution in [-0.4, -0.2) is 29.0 Å². The second kappa shape index (κ2) is 8.86. The van der Waals surface area contributed by atoms with Gasteiger partial charge < -0.3 is 0 Å². The number of hydrogen-bond acceptors (Lipinski definition) is 3. The van der Waals surface area contributed by atoms with Crippen LogP contribution in [-0.2, 0) is 5.75 Å². The Hall–Kier alpha value is -2.07. The van der Waals surface area contributed by atoms with Crippen molar-refractivity contribution >= 4 is 23.6 Å². The van der Waals surface area contributed by atoms with Gasteiger partial charge in [-0.05, 0) is 36.3 Å². The lowest BCUT2D eigenvalue weighted by Crippen LogP contribution is -2.30. The summed E-state index contributed by atoms with van der Waals surface area (Å²) in [4.78, 5) is 25.9. The molecule has 1 heterocycles. The van der Waals surface area contributed by atoms with E-state index in [4.69, 9.17) is 0 Å². The maximum Gasteiger partial charge on any atom is 0.261 e. The fourth-order valence-corrected chi connectivity index (χ4v) is 4.01. The molecule has 0 unspecified atom stereocenters. The van der Waals surface area contributed by atoms with Crippen LogP contribution in [0.15, 0.2) is 54.6 Å². The van der Waals surface area contributed by atoms with E-state index in [0.29, 0.717) is 17.7 Å². The lowest BCUT2D eigenvalue weighted by Gasteiger charge is -2.13. The molecule has 2 aromatic carbocycles. The summed E-state index contributed by atoms with van der Waals surface area (Å²) in [6, 6.07) is 17.6. The maximum absolute atomic E-state index is 12.2. The van der Waals surface area contributed by atoms with Crippen molar-refractivity contribution in [2.45, 2.75) is 31.4 Å². The van der Waals surface area contributed by atoms with Crippen LogP contribution < -0.4 is 0 Å². The molecule has 0 aromatic heterocycles. The van der Waals surface area contributed by atoms with Gasteiger partial charge in [-0.2, -0.15) is 11.8 Å². The molecule has 0 aliphatic carbocycles. The zero-order valence-corrected chi connectivity index (χ0v) is 15.1. The molecular weight excluding hydrogens is 330 g/mol. The van der Waals surface area contributed by atoms with E-state index < -0.39 is 0 Å². The number of thioether (sulfide) groups is 1. The zero-order valence-electron chi connectivity index (χ0n) is 14.3. The van der Waals surface area contributed by atoms with Gasteiger partial charge in [-0.15, -0.1) is 0 Å². The third-order valence-corrected chi connectivity index (χ3v) is 5.52. The van der Waals surface area contributed by atoms with Crippen LogP contribution in [0.1, 0.15) is 52.0 Å². The van der Waals surface area contributed by atoms with Gasteiger partial charge in [0.05, 0.1) is 11.1 Å². The van der Waals surface area contributed by atoms with Crippen LogP contribution in [0.5, 0.6) is 0 Å². The number of benzene rings is 2. The fraction of sp³-hybridized carbons (Fsp3) is 0.333. The molecule has 130 valence electrons. The highest BCUT2D eigenvalue weighted by molar-refractivity contribution is 7.98. The van der Waals surface area contributed by atoms with E-state index in [1.54, 1.807) is 24.3 Å². The quantitative estimate of drug-likeness (QED) is 0.481. The minimum Gasteiger partial charge on any atom is -0.274 e. The van der Waals surface area contributed by atoms with Crippen molar-refractivity contribution < 1.29 is 9.59 Å². The number of rotatable bonds is 9. The number of hydrogen-bond donors (Lipinski definition) is 0. The Balaban J connectivity index is 1.29. The molecule has 4 heteroatoms. The largest absolute Gasteiger partial charge is 0.274 e. The minimum absolute atomic E-state index is 0.140. The summed E-state index contributed by atoms with van der Waals surface area (Å²) in [6.07, 6.45) is 4.26. The number of unbranched alkanes of at least 4 members (excludes halogenated alkanes) is 3. The summed E-state index contributed by atoms with van der Waals surface area (Å²) >= 11 is 1.96. The highest BCUT2D eigenvalue weighted by atomic mass is 32.2. The van der Waals surface area contributed by atoms with Crippen LogP contribution >= 0.6 is 11.8 Å². The fourth-order valence-electron chi connectivity index (χ4n) is 3.03. The molecule has 0 fully saturated rings. The zero-order chi connectivity index (χ0) is 17.5. The van der Waals surface area contributed by atoms with Gasteiger partial charge in [0.1, 0.15) is 0 Å². The minimum atomic E-state index is -0.140. The Morgan fingerprint density at radius 1 is 0.720 bits per heavy atom. The van der Waals surface area contributed by atoms with Crippen molar-refractivity contribution in [3.63, 3.8) is 0 Å². The van der Waals surface area contributed by atoms with Gasteiger partial charge >= 0.3 is 0 Å². The summed E-state index contributed by atoms with van der Waals surface area (Å²) in [6.45, 7) is 0.531. The first kappa shape index (κ1) is 17.7. The Morgan fingerprint density at radius 2 is 1.32 bits per heavy atom.